The SMILES string of the molecule is CCOC(=O)c1oc2c(c1C)/C(=N/NC(=O)Cc1ccccc1)CCC2. The molecule has 0 spiro atoms. The molecule has 0 fully saturated rings. The van der Waals surface area contributed by atoms with Crippen molar-refractivity contribution in [3.05, 3.63) is 58.5 Å². The van der Waals surface area contributed by atoms with Crippen molar-refractivity contribution in [2.75, 3.05) is 6.61 Å². The highest BCUT2D eigenvalue weighted by molar-refractivity contribution is 6.06. The number of ether oxygens (including phenoxy) is 1. The molecule has 0 saturated carbocycles. The Balaban J connectivity index is 1.77. The van der Waals surface area contributed by atoms with Gasteiger partial charge in [0, 0.05) is 17.5 Å². The average molecular weight is 354 g/mol. The van der Waals surface area contributed by atoms with Gasteiger partial charge >= 0.3 is 5.97 Å². The maximum absolute atomic E-state index is 12.1. The molecule has 2 aromatic rings. The summed E-state index contributed by atoms with van der Waals surface area (Å²) in [5.41, 5.74) is 5.83. The number of nitrogens with zero attached hydrogens (tertiary/aromatic N) is 1. The Morgan fingerprint density at radius 1 is 1.23 bits per heavy atom. The van der Waals surface area contributed by atoms with E-state index in [0.29, 0.717) is 12.2 Å². The maximum atomic E-state index is 12.1. The number of rotatable bonds is 5. The third-order valence-electron chi connectivity index (χ3n) is 4.31. The summed E-state index contributed by atoms with van der Waals surface area (Å²) < 4.78 is 10.8. The number of furan rings is 1. The predicted octanol–water partition coefficient (Wildman–Crippen LogP) is 3.16. The first-order valence-electron chi connectivity index (χ1n) is 8.79. The van der Waals surface area contributed by atoms with Crippen LogP contribution >= 0.6 is 0 Å². The maximum Gasteiger partial charge on any atom is 0.374 e. The van der Waals surface area contributed by atoms with Gasteiger partial charge in [-0.05, 0) is 32.3 Å². The zero-order valence-corrected chi connectivity index (χ0v) is 15.0. The quantitative estimate of drug-likeness (QED) is 0.660. The third-order valence-corrected chi connectivity index (χ3v) is 4.31. The number of carbonyl (C=O) groups is 2. The van der Waals surface area contributed by atoms with E-state index in [0.717, 1.165) is 41.9 Å². The van der Waals surface area contributed by atoms with Crippen molar-refractivity contribution in [1.82, 2.24) is 5.43 Å². The van der Waals surface area contributed by atoms with Gasteiger partial charge in [0.05, 0.1) is 18.7 Å². The van der Waals surface area contributed by atoms with Crippen molar-refractivity contribution in [3.8, 4) is 0 Å². The minimum atomic E-state index is -0.466. The van der Waals surface area contributed by atoms with Gasteiger partial charge in [-0.1, -0.05) is 30.3 Å². The highest BCUT2D eigenvalue weighted by Gasteiger charge is 2.28. The second-order valence-corrected chi connectivity index (χ2v) is 6.18. The molecule has 0 radical (unpaired) electrons. The van der Waals surface area contributed by atoms with Crippen molar-refractivity contribution < 1.29 is 18.7 Å². The molecular formula is C20H22N2O4. The number of hydrazone groups is 1. The lowest BCUT2D eigenvalue weighted by atomic mass is 9.93. The molecule has 26 heavy (non-hydrogen) atoms. The molecule has 0 unspecified atom stereocenters. The van der Waals surface area contributed by atoms with E-state index in [4.69, 9.17) is 9.15 Å². The van der Waals surface area contributed by atoms with E-state index in [1.165, 1.54) is 0 Å². The first kappa shape index (κ1) is 17.9. The fraction of sp³-hybridized carbons (Fsp3) is 0.350. The predicted molar refractivity (Wildman–Crippen MR) is 97.2 cm³/mol. The van der Waals surface area contributed by atoms with Crippen molar-refractivity contribution in [2.45, 2.75) is 39.5 Å². The molecule has 6 heteroatoms. The topological polar surface area (TPSA) is 80.9 Å². The standard InChI is InChI=1S/C20H22N2O4/c1-3-25-20(24)19-13(2)18-15(10-7-11-16(18)26-19)21-22-17(23)12-14-8-5-4-6-9-14/h4-6,8-9H,3,7,10-12H2,1-2H3,(H,22,23)/b21-15+. The van der Waals surface area contributed by atoms with Gasteiger partial charge in [0.2, 0.25) is 11.7 Å². The molecule has 1 aliphatic carbocycles. The first-order valence-corrected chi connectivity index (χ1v) is 8.79. The molecule has 0 aliphatic heterocycles. The van der Waals surface area contributed by atoms with Gasteiger partial charge < -0.3 is 9.15 Å². The van der Waals surface area contributed by atoms with E-state index < -0.39 is 5.97 Å². The molecule has 1 aliphatic rings. The number of amides is 1. The molecule has 0 saturated heterocycles. The Morgan fingerprint density at radius 3 is 2.73 bits per heavy atom. The van der Waals surface area contributed by atoms with Crippen LogP contribution < -0.4 is 5.43 Å². The van der Waals surface area contributed by atoms with Gasteiger partial charge in [0.1, 0.15) is 5.76 Å². The van der Waals surface area contributed by atoms with Crippen LogP contribution in [0, 0.1) is 6.92 Å². The van der Waals surface area contributed by atoms with Gasteiger partial charge in [-0.2, -0.15) is 5.10 Å². The molecule has 0 atom stereocenters. The zero-order chi connectivity index (χ0) is 18.5. The van der Waals surface area contributed by atoms with Crippen LogP contribution in [-0.2, 0) is 22.4 Å². The summed E-state index contributed by atoms with van der Waals surface area (Å²) in [6, 6.07) is 9.50. The molecule has 1 aromatic heterocycles. The summed E-state index contributed by atoms with van der Waals surface area (Å²) in [5.74, 6) is 0.310. The zero-order valence-electron chi connectivity index (χ0n) is 15.0. The molecule has 1 aromatic carbocycles. The van der Waals surface area contributed by atoms with Gasteiger partial charge in [-0.25, -0.2) is 10.2 Å². The van der Waals surface area contributed by atoms with Gasteiger partial charge in [-0.15, -0.1) is 0 Å². The highest BCUT2D eigenvalue weighted by atomic mass is 16.5. The average Bonchev–Trinajstić information content (AvgIpc) is 2.99. The lowest BCUT2D eigenvalue weighted by Crippen LogP contribution is -2.23. The van der Waals surface area contributed by atoms with Gasteiger partial charge in [0.25, 0.3) is 0 Å². The molecule has 0 bridgehead atoms. The molecular weight excluding hydrogens is 332 g/mol. The van der Waals surface area contributed by atoms with Crippen LogP contribution in [0.15, 0.2) is 39.9 Å². The molecule has 1 N–H and O–H groups in total. The molecule has 3 rings (SSSR count). The van der Waals surface area contributed by atoms with Crippen LogP contribution in [0.3, 0.4) is 0 Å². The summed E-state index contributed by atoms with van der Waals surface area (Å²) in [6.45, 7) is 3.87. The van der Waals surface area contributed by atoms with E-state index in [-0.39, 0.29) is 18.1 Å². The van der Waals surface area contributed by atoms with Crippen LogP contribution in [0.2, 0.25) is 0 Å². The van der Waals surface area contributed by atoms with Gasteiger partial charge in [-0.3, -0.25) is 4.79 Å². The number of hydrogen-bond acceptors (Lipinski definition) is 5. The number of nitrogens with one attached hydrogen (secondary N) is 1. The number of hydrogen-bond donors (Lipinski definition) is 1. The second kappa shape index (κ2) is 7.99. The Hall–Kier alpha value is -2.89. The smallest absolute Gasteiger partial charge is 0.374 e. The lowest BCUT2D eigenvalue weighted by molar-refractivity contribution is -0.120. The Kier molecular flexibility index (Phi) is 5.51. The number of fused-ring (bicyclic) bond motifs is 1. The lowest BCUT2D eigenvalue weighted by Gasteiger charge is -2.13. The van der Waals surface area contributed by atoms with Crippen molar-refractivity contribution >= 4 is 17.6 Å². The van der Waals surface area contributed by atoms with E-state index in [1.807, 2.05) is 37.3 Å². The Bertz CT molecular complexity index is 837. The van der Waals surface area contributed by atoms with Gasteiger partial charge in [0.15, 0.2) is 0 Å². The number of benzene rings is 1. The summed E-state index contributed by atoms with van der Waals surface area (Å²) >= 11 is 0. The molecule has 6 nitrogen and oxygen atoms in total. The van der Waals surface area contributed by atoms with Crippen LogP contribution in [0.5, 0.6) is 0 Å². The molecule has 136 valence electrons. The number of aryl methyl sites for hydroxylation is 1. The Labute approximate surface area is 152 Å². The van der Waals surface area contributed by atoms with Crippen molar-refractivity contribution in [1.29, 1.82) is 0 Å². The number of esters is 1. The highest BCUT2D eigenvalue weighted by Crippen LogP contribution is 2.30. The Morgan fingerprint density at radius 2 is 2.00 bits per heavy atom. The van der Waals surface area contributed by atoms with Crippen LogP contribution in [0.1, 0.15) is 52.8 Å². The summed E-state index contributed by atoms with van der Waals surface area (Å²) in [5, 5.41) is 4.31. The fourth-order valence-corrected chi connectivity index (χ4v) is 3.12. The van der Waals surface area contributed by atoms with Crippen LogP contribution in [-0.4, -0.2) is 24.2 Å². The summed E-state index contributed by atoms with van der Waals surface area (Å²) in [6.07, 6.45) is 2.59. The first-order chi connectivity index (χ1) is 12.6. The van der Waals surface area contributed by atoms with Crippen molar-refractivity contribution in [2.24, 2.45) is 5.10 Å². The fourth-order valence-electron chi connectivity index (χ4n) is 3.12. The number of carbonyl (C=O) groups excluding carboxylic acids is 2. The van der Waals surface area contributed by atoms with Crippen LogP contribution in [0.4, 0.5) is 0 Å². The van der Waals surface area contributed by atoms with E-state index in [9.17, 15) is 9.59 Å². The monoisotopic (exact) mass is 354 g/mol. The normalized spacial score (nSPS) is 14.8. The van der Waals surface area contributed by atoms with E-state index in [2.05, 4.69) is 10.5 Å². The summed E-state index contributed by atoms with van der Waals surface area (Å²) in [7, 11) is 0. The van der Waals surface area contributed by atoms with E-state index in [1.54, 1.807) is 6.92 Å². The molecule has 1 heterocycles. The minimum absolute atomic E-state index is 0.178. The minimum Gasteiger partial charge on any atom is -0.460 e. The van der Waals surface area contributed by atoms with Crippen LogP contribution in [0.25, 0.3) is 0 Å². The molecule has 1 amide bonds. The largest absolute Gasteiger partial charge is 0.460 e. The van der Waals surface area contributed by atoms with E-state index >= 15 is 0 Å². The second-order valence-electron chi connectivity index (χ2n) is 6.18. The van der Waals surface area contributed by atoms with Crippen molar-refractivity contribution in [3.63, 3.8) is 0 Å². The third kappa shape index (κ3) is 3.85. The summed E-state index contributed by atoms with van der Waals surface area (Å²) in [4.78, 5) is 24.2.